The number of fused-ring (bicyclic) bond motifs is 1. The van der Waals surface area contributed by atoms with E-state index in [0.29, 0.717) is 24.9 Å². The lowest BCUT2D eigenvalue weighted by molar-refractivity contribution is -0.0172. The number of guanidine groups is 1. The van der Waals surface area contributed by atoms with E-state index in [1.54, 1.807) is 0 Å². The molecule has 0 saturated carbocycles. The summed E-state index contributed by atoms with van der Waals surface area (Å²) in [6, 6.07) is 2.91. The van der Waals surface area contributed by atoms with Crippen LogP contribution in [0.2, 0.25) is 0 Å². The van der Waals surface area contributed by atoms with Crippen molar-refractivity contribution in [3.8, 4) is 5.75 Å². The number of halogens is 1. The molecule has 0 unspecified atom stereocenters. The average molecular weight is 309 g/mol. The Hall–Kier alpha value is -1.82. The summed E-state index contributed by atoms with van der Waals surface area (Å²) in [5.74, 6) is 1.08. The molecular formula is C16H24FN3O2. The van der Waals surface area contributed by atoms with Crippen molar-refractivity contribution in [3.05, 3.63) is 29.1 Å². The smallest absolute Gasteiger partial charge is 0.191 e. The molecule has 1 aromatic rings. The second-order valence-electron chi connectivity index (χ2n) is 6.23. The van der Waals surface area contributed by atoms with Crippen LogP contribution >= 0.6 is 0 Å². The molecule has 1 aliphatic rings. The Kier molecular flexibility index (Phi) is 5.24. The fraction of sp³-hybridized carbons (Fsp3) is 0.562. The lowest BCUT2D eigenvalue weighted by Crippen LogP contribution is -2.47. The van der Waals surface area contributed by atoms with Crippen LogP contribution in [0.3, 0.4) is 0 Å². The molecule has 0 bridgehead atoms. The fourth-order valence-electron chi connectivity index (χ4n) is 2.20. The third-order valence-corrected chi connectivity index (χ3v) is 3.00. The summed E-state index contributed by atoms with van der Waals surface area (Å²) >= 11 is 0. The average Bonchev–Trinajstić information content (AvgIpc) is 2.43. The summed E-state index contributed by atoms with van der Waals surface area (Å²) in [4.78, 5) is 4.53. The number of nitrogens with zero attached hydrogens (tertiary/aromatic N) is 1. The predicted octanol–water partition coefficient (Wildman–Crippen LogP) is 2.55. The van der Waals surface area contributed by atoms with Gasteiger partial charge in [-0.1, -0.05) is 0 Å². The second-order valence-corrected chi connectivity index (χ2v) is 6.23. The number of ether oxygens (including phenoxy) is 2. The summed E-state index contributed by atoms with van der Waals surface area (Å²) in [5.41, 5.74) is 1.35. The third-order valence-electron chi connectivity index (χ3n) is 3.00. The van der Waals surface area contributed by atoms with Crippen LogP contribution in [0.5, 0.6) is 5.75 Å². The third kappa shape index (κ3) is 4.59. The topological polar surface area (TPSA) is 54.9 Å². The predicted molar refractivity (Wildman–Crippen MR) is 84.4 cm³/mol. The number of benzene rings is 1. The maximum absolute atomic E-state index is 13.7. The van der Waals surface area contributed by atoms with Crippen molar-refractivity contribution in [3.63, 3.8) is 0 Å². The van der Waals surface area contributed by atoms with Gasteiger partial charge in [0.1, 0.15) is 11.6 Å². The molecule has 1 aromatic carbocycles. The molecule has 0 spiro atoms. The molecule has 0 aliphatic carbocycles. The van der Waals surface area contributed by atoms with E-state index in [9.17, 15) is 4.39 Å². The molecule has 1 heterocycles. The molecule has 1 aliphatic heterocycles. The van der Waals surface area contributed by atoms with Gasteiger partial charge in [-0.2, -0.15) is 0 Å². The zero-order valence-corrected chi connectivity index (χ0v) is 13.6. The number of hydrogen-bond donors (Lipinski definition) is 2. The first kappa shape index (κ1) is 16.5. The Morgan fingerprint density at radius 2 is 2.14 bits per heavy atom. The van der Waals surface area contributed by atoms with Gasteiger partial charge in [0, 0.05) is 23.2 Å². The summed E-state index contributed by atoms with van der Waals surface area (Å²) in [6.07, 6.45) is 0. The fourth-order valence-corrected chi connectivity index (χ4v) is 2.20. The Morgan fingerprint density at radius 3 is 2.82 bits per heavy atom. The van der Waals surface area contributed by atoms with Crippen molar-refractivity contribution in [1.82, 2.24) is 10.6 Å². The Morgan fingerprint density at radius 1 is 1.36 bits per heavy atom. The van der Waals surface area contributed by atoms with Crippen molar-refractivity contribution in [2.24, 2.45) is 4.99 Å². The molecule has 0 atom stereocenters. The first-order valence-electron chi connectivity index (χ1n) is 7.47. The van der Waals surface area contributed by atoms with Crippen molar-refractivity contribution < 1.29 is 13.9 Å². The van der Waals surface area contributed by atoms with Gasteiger partial charge in [-0.15, -0.1) is 0 Å². The quantitative estimate of drug-likeness (QED) is 0.665. The Balaban J connectivity index is 2.21. The van der Waals surface area contributed by atoms with Gasteiger partial charge < -0.3 is 20.1 Å². The van der Waals surface area contributed by atoms with Crippen LogP contribution in [0.25, 0.3) is 0 Å². The van der Waals surface area contributed by atoms with Crippen LogP contribution < -0.4 is 15.4 Å². The molecule has 5 nitrogen and oxygen atoms in total. The van der Waals surface area contributed by atoms with Gasteiger partial charge in [0.2, 0.25) is 0 Å². The molecule has 2 rings (SSSR count). The lowest BCUT2D eigenvalue weighted by atomic mass is 10.1. The van der Waals surface area contributed by atoms with Gasteiger partial charge in [0.15, 0.2) is 12.8 Å². The van der Waals surface area contributed by atoms with Gasteiger partial charge in [-0.3, -0.25) is 0 Å². The molecule has 22 heavy (non-hydrogen) atoms. The van der Waals surface area contributed by atoms with E-state index in [0.717, 1.165) is 17.7 Å². The summed E-state index contributed by atoms with van der Waals surface area (Å²) in [7, 11) is 0. The maximum atomic E-state index is 13.7. The SMILES string of the molecule is CCNC(=NCc1cc(F)cc2c1OCOC2)NC(C)(C)C. The Bertz CT molecular complexity index is 553. The molecule has 0 radical (unpaired) electrons. The summed E-state index contributed by atoms with van der Waals surface area (Å²) in [6.45, 7) is 9.84. The minimum absolute atomic E-state index is 0.104. The number of rotatable bonds is 3. The molecule has 0 saturated heterocycles. The van der Waals surface area contributed by atoms with Crippen LogP contribution in [-0.2, 0) is 17.9 Å². The summed E-state index contributed by atoms with van der Waals surface area (Å²) < 4.78 is 24.4. The molecule has 0 amide bonds. The molecule has 122 valence electrons. The highest BCUT2D eigenvalue weighted by atomic mass is 19.1. The molecule has 2 N–H and O–H groups in total. The van der Waals surface area contributed by atoms with Crippen LogP contribution in [-0.4, -0.2) is 24.8 Å². The van der Waals surface area contributed by atoms with E-state index < -0.39 is 0 Å². The van der Waals surface area contributed by atoms with E-state index in [-0.39, 0.29) is 18.1 Å². The second kappa shape index (κ2) is 6.96. The van der Waals surface area contributed by atoms with Crippen molar-refractivity contribution in [1.29, 1.82) is 0 Å². The minimum atomic E-state index is -0.299. The lowest BCUT2D eigenvalue weighted by Gasteiger charge is -2.24. The van der Waals surface area contributed by atoms with E-state index >= 15 is 0 Å². The van der Waals surface area contributed by atoms with E-state index in [2.05, 4.69) is 36.4 Å². The molecule has 0 fully saturated rings. The zero-order chi connectivity index (χ0) is 16.2. The molecular weight excluding hydrogens is 285 g/mol. The monoisotopic (exact) mass is 309 g/mol. The van der Waals surface area contributed by atoms with Crippen molar-refractivity contribution >= 4 is 5.96 Å². The van der Waals surface area contributed by atoms with Crippen LogP contribution in [0.15, 0.2) is 17.1 Å². The van der Waals surface area contributed by atoms with Crippen LogP contribution in [0.1, 0.15) is 38.8 Å². The zero-order valence-electron chi connectivity index (χ0n) is 13.6. The Labute approximate surface area is 130 Å². The van der Waals surface area contributed by atoms with Gasteiger partial charge in [-0.05, 0) is 39.8 Å². The van der Waals surface area contributed by atoms with E-state index in [4.69, 9.17) is 9.47 Å². The van der Waals surface area contributed by atoms with Crippen molar-refractivity contribution in [2.45, 2.75) is 46.4 Å². The standard InChI is InChI=1S/C16H24FN3O2/c1-5-18-15(20-16(2,3)4)19-8-11-6-13(17)7-12-9-21-10-22-14(11)12/h6-7H,5,8-10H2,1-4H3,(H2,18,19,20). The van der Waals surface area contributed by atoms with Crippen LogP contribution in [0, 0.1) is 5.82 Å². The number of hydrogen-bond acceptors (Lipinski definition) is 3. The normalized spacial score (nSPS) is 15.0. The number of aliphatic imine (C=N–C) groups is 1. The van der Waals surface area contributed by atoms with Crippen LogP contribution in [0.4, 0.5) is 4.39 Å². The number of nitrogens with one attached hydrogen (secondary N) is 2. The highest BCUT2D eigenvalue weighted by molar-refractivity contribution is 5.80. The van der Waals surface area contributed by atoms with Gasteiger partial charge >= 0.3 is 0 Å². The van der Waals surface area contributed by atoms with E-state index in [1.165, 1.54) is 12.1 Å². The van der Waals surface area contributed by atoms with Gasteiger partial charge in [0.05, 0.1) is 13.2 Å². The first-order chi connectivity index (χ1) is 10.4. The van der Waals surface area contributed by atoms with Gasteiger partial charge in [-0.25, -0.2) is 9.38 Å². The highest BCUT2D eigenvalue weighted by Crippen LogP contribution is 2.29. The molecule has 6 heteroatoms. The highest BCUT2D eigenvalue weighted by Gasteiger charge is 2.17. The van der Waals surface area contributed by atoms with Gasteiger partial charge in [0.25, 0.3) is 0 Å². The minimum Gasteiger partial charge on any atom is -0.467 e. The van der Waals surface area contributed by atoms with Crippen molar-refractivity contribution in [2.75, 3.05) is 13.3 Å². The van der Waals surface area contributed by atoms with E-state index in [1.807, 2.05) is 6.92 Å². The molecule has 0 aromatic heterocycles. The summed E-state index contributed by atoms with van der Waals surface area (Å²) in [5, 5.41) is 6.49. The largest absolute Gasteiger partial charge is 0.467 e. The first-order valence-corrected chi connectivity index (χ1v) is 7.47. The maximum Gasteiger partial charge on any atom is 0.191 e.